The summed E-state index contributed by atoms with van der Waals surface area (Å²) in [5.41, 5.74) is -4.47. The van der Waals surface area contributed by atoms with Crippen molar-refractivity contribution in [2.75, 3.05) is 19.0 Å². The van der Waals surface area contributed by atoms with Crippen molar-refractivity contribution in [2.24, 2.45) is 0 Å². The van der Waals surface area contributed by atoms with Crippen molar-refractivity contribution in [1.82, 2.24) is 3.74 Å². The minimum absolute atomic E-state index is 0.611. The molecule has 9 heteroatoms. The molecule has 0 fully saturated rings. The van der Waals surface area contributed by atoms with E-state index in [2.05, 4.69) is 0 Å². The fraction of sp³-hybridized carbons (Fsp3) is 0.286. The van der Waals surface area contributed by atoms with E-state index in [9.17, 15) is 21.6 Å². The first-order chi connectivity index (χ1) is 10.5. The Morgan fingerprint density at radius 1 is 1.09 bits per heavy atom. The summed E-state index contributed by atoms with van der Waals surface area (Å²) in [6, 6.07) is 10.8. The summed E-state index contributed by atoms with van der Waals surface area (Å²) < 4.78 is 63.0. The molecular weight excluding hydrogens is 396 g/mol. The Morgan fingerprint density at radius 2 is 1.65 bits per heavy atom. The van der Waals surface area contributed by atoms with Crippen LogP contribution in [0.2, 0.25) is 5.82 Å². The molecule has 2 aromatic carbocycles. The van der Waals surface area contributed by atoms with Crippen molar-refractivity contribution >= 4 is 45.1 Å². The van der Waals surface area contributed by atoms with Crippen LogP contribution in [-0.2, 0) is 10.0 Å². The van der Waals surface area contributed by atoms with Crippen LogP contribution in [0.3, 0.4) is 0 Å². The zero-order valence-corrected chi connectivity index (χ0v) is 15.2. The summed E-state index contributed by atoms with van der Waals surface area (Å²) in [7, 11) is -1.70. The van der Waals surface area contributed by atoms with Gasteiger partial charge in [-0.1, -0.05) is 0 Å². The molecule has 0 saturated heterocycles. The number of hydrogen-bond donors (Lipinski definition) is 1. The number of alkyl halides is 3. The van der Waals surface area contributed by atoms with Crippen molar-refractivity contribution in [3.8, 4) is 0 Å². The topological polar surface area (TPSA) is 49.4 Å². The standard InChI is InChI=1S/C14H16F3N2O2SSe/c1-19(2)11-8-4-6-10-7-5-9-12(13(10)11)23(3)18-22(20,21)14(15,16)17/h4-9,18H,1-3H3/q+1. The van der Waals surface area contributed by atoms with E-state index in [1.165, 1.54) is 5.82 Å². The third kappa shape index (κ3) is 3.63. The number of sulfonamides is 1. The molecule has 0 aromatic heterocycles. The van der Waals surface area contributed by atoms with Gasteiger partial charge in [0.2, 0.25) is 0 Å². The summed E-state index contributed by atoms with van der Waals surface area (Å²) in [5.74, 6) is 1.52. The first-order valence-electron chi connectivity index (χ1n) is 6.48. The molecule has 0 spiro atoms. The predicted octanol–water partition coefficient (Wildman–Crippen LogP) is 2.17. The number of benzene rings is 2. The second-order valence-corrected chi connectivity index (χ2v) is 10.8. The molecule has 0 aliphatic carbocycles. The van der Waals surface area contributed by atoms with Crippen LogP contribution in [0, 0.1) is 0 Å². The van der Waals surface area contributed by atoms with Crippen molar-refractivity contribution in [3.63, 3.8) is 0 Å². The maximum absolute atomic E-state index is 12.6. The van der Waals surface area contributed by atoms with Gasteiger partial charge in [0.25, 0.3) is 0 Å². The summed E-state index contributed by atoms with van der Waals surface area (Å²) in [6.45, 7) is 0. The second kappa shape index (κ2) is 6.31. The van der Waals surface area contributed by atoms with E-state index >= 15 is 0 Å². The molecule has 1 atom stereocenters. The third-order valence-corrected chi connectivity index (χ3v) is 9.33. The van der Waals surface area contributed by atoms with E-state index in [1.807, 2.05) is 47.0 Å². The molecule has 0 aliphatic rings. The Bertz CT molecular complexity index is 817. The van der Waals surface area contributed by atoms with Crippen LogP contribution in [-0.4, -0.2) is 42.1 Å². The Balaban J connectivity index is 2.56. The molecule has 0 aliphatic heterocycles. The second-order valence-electron chi connectivity index (χ2n) is 5.07. The molecule has 126 valence electrons. The van der Waals surface area contributed by atoms with Gasteiger partial charge in [-0.25, -0.2) is 0 Å². The summed E-state index contributed by atoms with van der Waals surface area (Å²) in [6.07, 6.45) is 0. The maximum atomic E-state index is 12.6. The molecule has 2 aromatic rings. The number of rotatable bonds is 4. The normalized spacial score (nSPS) is 14.0. The predicted molar refractivity (Wildman–Crippen MR) is 87.6 cm³/mol. The van der Waals surface area contributed by atoms with Gasteiger partial charge in [-0.05, 0) is 0 Å². The first-order valence-corrected chi connectivity index (χ1v) is 11.4. The molecule has 1 N–H and O–H groups in total. The zero-order chi connectivity index (χ0) is 17.4. The molecule has 0 bridgehead atoms. The van der Waals surface area contributed by atoms with Crippen LogP contribution >= 0.6 is 0 Å². The number of nitrogens with one attached hydrogen (secondary N) is 1. The van der Waals surface area contributed by atoms with Gasteiger partial charge in [-0.3, -0.25) is 0 Å². The van der Waals surface area contributed by atoms with Gasteiger partial charge >= 0.3 is 137 Å². The number of halogens is 3. The van der Waals surface area contributed by atoms with Crippen LogP contribution in [0.15, 0.2) is 36.4 Å². The van der Waals surface area contributed by atoms with Crippen molar-refractivity contribution in [1.29, 1.82) is 0 Å². The van der Waals surface area contributed by atoms with E-state index in [1.54, 1.807) is 12.1 Å². The Hall–Kier alpha value is -1.28. The minimum atomic E-state index is -5.35. The molecule has 23 heavy (non-hydrogen) atoms. The third-order valence-electron chi connectivity index (χ3n) is 3.20. The van der Waals surface area contributed by atoms with E-state index in [4.69, 9.17) is 0 Å². The molecule has 2 rings (SSSR count). The van der Waals surface area contributed by atoms with Gasteiger partial charge in [0.1, 0.15) is 0 Å². The van der Waals surface area contributed by atoms with E-state index in [0.29, 0.717) is 4.46 Å². The molecule has 1 unspecified atom stereocenters. The van der Waals surface area contributed by atoms with Crippen molar-refractivity contribution in [3.05, 3.63) is 36.4 Å². The Labute approximate surface area is 137 Å². The molecule has 0 radical (unpaired) electrons. The molecule has 0 amide bonds. The van der Waals surface area contributed by atoms with Crippen LogP contribution in [0.4, 0.5) is 18.9 Å². The van der Waals surface area contributed by atoms with Crippen LogP contribution in [0.25, 0.3) is 10.8 Å². The van der Waals surface area contributed by atoms with Gasteiger partial charge in [-0.2, -0.15) is 0 Å². The number of hydrogen-bond acceptors (Lipinski definition) is 3. The molecule has 4 nitrogen and oxygen atoms in total. The molecule has 0 heterocycles. The number of anilines is 1. The summed E-state index contributed by atoms with van der Waals surface area (Å²) in [4.78, 5) is 1.85. The van der Waals surface area contributed by atoms with Gasteiger partial charge in [0, 0.05) is 0 Å². The average molecular weight is 412 g/mol. The average Bonchev–Trinajstić information content (AvgIpc) is 2.44. The fourth-order valence-corrected chi connectivity index (χ4v) is 7.62. The van der Waals surface area contributed by atoms with E-state index in [0.717, 1.165) is 16.5 Å². The van der Waals surface area contributed by atoms with E-state index in [-0.39, 0.29) is 0 Å². The summed E-state index contributed by atoms with van der Waals surface area (Å²) >= 11 is -2.43. The fourth-order valence-electron chi connectivity index (χ4n) is 2.17. The molecule has 0 saturated carbocycles. The van der Waals surface area contributed by atoms with Gasteiger partial charge < -0.3 is 0 Å². The van der Waals surface area contributed by atoms with Crippen LogP contribution < -0.4 is 13.1 Å². The SMILES string of the molecule is CN(C)c1cccc2cccc([Se+](C)NS(=O)(=O)C(F)(F)F)c12. The first kappa shape index (κ1) is 18.1. The number of nitrogens with zero attached hydrogens (tertiary/aromatic N) is 1. The quantitative estimate of drug-likeness (QED) is 0.784. The Morgan fingerprint density at radius 3 is 2.17 bits per heavy atom. The zero-order valence-electron chi connectivity index (χ0n) is 12.7. The van der Waals surface area contributed by atoms with Crippen LogP contribution in [0.1, 0.15) is 0 Å². The Kier molecular flexibility index (Phi) is 4.96. The molecular formula is C14H16F3N2O2SSe+. The van der Waals surface area contributed by atoms with Gasteiger partial charge in [0.15, 0.2) is 0 Å². The monoisotopic (exact) mass is 413 g/mol. The van der Waals surface area contributed by atoms with Crippen molar-refractivity contribution in [2.45, 2.75) is 11.3 Å². The van der Waals surface area contributed by atoms with Crippen molar-refractivity contribution < 1.29 is 21.6 Å². The summed E-state index contributed by atoms with van der Waals surface area (Å²) in [5, 5.41) is 1.63. The van der Waals surface area contributed by atoms with Gasteiger partial charge in [0.05, 0.1) is 0 Å². The van der Waals surface area contributed by atoms with Crippen LogP contribution in [0.5, 0.6) is 0 Å². The van der Waals surface area contributed by atoms with Gasteiger partial charge in [-0.15, -0.1) is 0 Å². The number of fused-ring (bicyclic) bond motifs is 1. The van der Waals surface area contributed by atoms with E-state index < -0.39 is 29.7 Å².